The van der Waals surface area contributed by atoms with Crippen LogP contribution in [0.3, 0.4) is 0 Å². The van der Waals surface area contributed by atoms with Gasteiger partial charge in [0.05, 0.1) is 11.8 Å². The number of benzene rings is 1. The van der Waals surface area contributed by atoms with Crippen LogP contribution in [-0.2, 0) is 18.3 Å². The summed E-state index contributed by atoms with van der Waals surface area (Å²) < 4.78 is 1.97. The molecule has 0 aliphatic carbocycles. The lowest BCUT2D eigenvalue weighted by atomic mass is 9.98. The number of nitrogens with zero attached hydrogens (tertiary/aromatic N) is 4. The zero-order valence-electron chi connectivity index (χ0n) is 16.4. The van der Waals surface area contributed by atoms with Crippen LogP contribution in [0.2, 0.25) is 0 Å². The number of rotatable bonds is 5. The van der Waals surface area contributed by atoms with Gasteiger partial charge in [-0.2, -0.15) is 0 Å². The van der Waals surface area contributed by atoms with E-state index in [-0.39, 0.29) is 11.9 Å². The summed E-state index contributed by atoms with van der Waals surface area (Å²) in [4.78, 5) is 16.4. The molecule has 0 N–H and O–H groups in total. The molecule has 0 saturated carbocycles. The van der Waals surface area contributed by atoms with E-state index in [0.717, 1.165) is 35.9 Å². The number of thiophene rings is 1. The highest BCUT2D eigenvalue weighted by atomic mass is 32.2. The number of hydrogen-bond donors (Lipinski definition) is 0. The van der Waals surface area contributed by atoms with E-state index in [1.165, 1.54) is 27.8 Å². The fourth-order valence-corrected chi connectivity index (χ4v) is 5.46. The van der Waals surface area contributed by atoms with Crippen molar-refractivity contribution in [2.24, 2.45) is 7.05 Å². The first-order valence-corrected chi connectivity index (χ1v) is 11.4. The molecule has 1 aliphatic rings. The molecule has 1 aliphatic heterocycles. The van der Waals surface area contributed by atoms with Gasteiger partial charge in [-0.1, -0.05) is 48.5 Å². The Labute approximate surface area is 173 Å². The second-order valence-corrected chi connectivity index (χ2v) is 9.02. The third-order valence-electron chi connectivity index (χ3n) is 5.27. The third kappa shape index (κ3) is 3.61. The molecule has 4 rings (SSSR count). The van der Waals surface area contributed by atoms with Gasteiger partial charge in [-0.05, 0) is 36.8 Å². The second kappa shape index (κ2) is 8.09. The van der Waals surface area contributed by atoms with Crippen LogP contribution in [-0.4, -0.2) is 37.9 Å². The molecule has 0 radical (unpaired) electrons. The fourth-order valence-electron chi connectivity index (χ4n) is 3.74. The van der Waals surface area contributed by atoms with Crippen molar-refractivity contribution in [2.45, 2.75) is 37.9 Å². The van der Waals surface area contributed by atoms with Crippen molar-refractivity contribution < 1.29 is 4.79 Å². The van der Waals surface area contributed by atoms with E-state index < -0.39 is 0 Å². The van der Waals surface area contributed by atoms with E-state index in [1.54, 1.807) is 0 Å². The van der Waals surface area contributed by atoms with Gasteiger partial charge in [0, 0.05) is 24.0 Å². The fraction of sp³-hybridized carbons (Fsp3) is 0.381. The Kier molecular flexibility index (Phi) is 5.55. The highest BCUT2D eigenvalue weighted by Gasteiger charge is 2.30. The lowest BCUT2D eigenvalue weighted by molar-refractivity contribution is -0.131. The molecule has 3 aromatic rings. The van der Waals surface area contributed by atoms with E-state index in [4.69, 9.17) is 0 Å². The van der Waals surface area contributed by atoms with Crippen LogP contribution in [0.25, 0.3) is 11.4 Å². The number of thioether (sulfide) groups is 1. The molecule has 1 aromatic carbocycles. The quantitative estimate of drug-likeness (QED) is 0.580. The normalized spacial score (nSPS) is 16.2. The summed E-state index contributed by atoms with van der Waals surface area (Å²) in [6.07, 6.45) is 1.91. The number of aryl methyl sites for hydroxylation is 1. The Hall–Kier alpha value is -2.12. The molecule has 3 heterocycles. The molecular formula is C21H24N4OS2. The maximum atomic E-state index is 12.9. The summed E-state index contributed by atoms with van der Waals surface area (Å²) in [6, 6.07) is 10.6. The average molecular weight is 413 g/mol. The van der Waals surface area contributed by atoms with Gasteiger partial charge < -0.3 is 9.47 Å². The molecule has 28 heavy (non-hydrogen) atoms. The van der Waals surface area contributed by atoms with Crippen LogP contribution >= 0.6 is 23.1 Å². The smallest absolute Gasteiger partial charge is 0.233 e. The van der Waals surface area contributed by atoms with E-state index in [9.17, 15) is 4.79 Å². The minimum atomic E-state index is 0.175. The number of carbonyl (C=O) groups is 1. The van der Waals surface area contributed by atoms with Gasteiger partial charge in [-0.3, -0.25) is 4.79 Å². The first-order chi connectivity index (χ1) is 13.6. The summed E-state index contributed by atoms with van der Waals surface area (Å²) in [5.74, 6) is 1.38. The highest BCUT2D eigenvalue weighted by Crippen LogP contribution is 2.35. The summed E-state index contributed by atoms with van der Waals surface area (Å²) in [7, 11) is 1.95. The maximum absolute atomic E-state index is 12.9. The lowest BCUT2D eigenvalue weighted by Crippen LogP contribution is -2.40. The Balaban J connectivity index is 1.45. The summed E-state index contributed by atoms with van der Waals surface area (Å²) >= 11 is 3.27. The largest absolute Gasteiger partial charge is 0.335 e. The minimum absolute atomic E-state index is 0.175. The van der Waals surface area contributed by atoms with Crippen molar-refractivity contribution in [2.75, 3.05) is 12.3 Å². The molecule has 0 spiro atoms. The van der Waals surface area contributed by atoms with E-state index in [2.05, 4.69) is 59.8 Å². The predicted octanol–water partition coefficient (Wildman–Crippen LogP) is 4.48. The van der Waals surface area contributed by atoms with Crippen LogP contribution in [0.4, 0.5) is 0 Å². The number of carbonyl (C=O) groups excluding carboxylic acids is 1. The molecule has 1 atom stereocenters. The molecule has 1 amide bonds. The van der Waals surface area contributed by atoms with Gasteiger partial charge in [0.15, 0.2) is 11.0 Å². The number of fused-ring (bicyclic) bond motifs is 1. The molecule has 1 unspecified atom stereocenters. The SMILES string of the molecule is CCC1c2ccsc2CCN1C(=O)CSc1nnc(-c2ccc(C)cc2)n1C. The Bertz CT molecular complexity index is 977. The summed E-state index contributed by atoms with van der Waals surface area (Å²) in [5.41, 5.74) is 3.58. The topological polar surface area (TPSA) is 51.0 Å². The van der Waals surface area contributed by atoms with Crippen molar-refractivity contribution in [1.29, 1.82) is 0 Å². The van der Waals surface area contributed by atoms with Crippen molar-refractivity contribution in [1.82, 2.24) is 19.7 Å². The summed E-state index contributed by atoms with van der Waals surface area (Å²) in [6.45, 7) is 5.02. The van der Waals surface area contributed by atoms with Gasteiger partial charge in [0.1, 0.15) is 0 Å². The highest BCUT2D eigenvalue weighted by molar-refractivity contribution is 7.99. The molecule has 146 valence electrons. The average Bonchev–Trinajstić information content (AvgIpc) is 3.32. The molecule has 0 fully saturated rings. The maximum Gasteiger partial charge on any atom is 0.233 e. The molecule has 2 aromatic heterocycles. The first-order valence-electron chi connectivity index (χ1n) is 9.53. The van der Waals surface area contributed by atoms with Gasteiger partial charge in [-0.15, -0.1) is 21.5 Å². The van der Waals surface area contributed by atoms with Gasteiger partial charge >= 0.3 is 0 Å². The van der Waals surface area contributed by atoms with Crippen LogP contribution in [0.5, 0.6) is 0 Å². The zero-order valence-corrected chi connectivity index (χ0v) is 18.0. The Morgan fingerprint density at radius 2 is 2.04 bits per heavy atom. The molecular weight excluding hydrogens is 388 g/mol. The van der Waals surface area contributed by atoms with Gasteiger partial charge in [0.2, 0.25) is 5.91 Å². The van der Waals surface area contributed by atoms with Gasteiger partial charge in [-0.25, -0.2) is 0 Å². The molecule has 5 nitrogen and oxygen atoms in total. The van der Waals surface area contributed by atoms with Crippen LogP contribution < -0.4 is 0 Å². The van der Waals surface area contributed by atoms with Crippen molar-refractivity contribution >= 4 is 29.0 Å². The predicted molar refractivity (Wildman–Crippen MR) is 115 cm³/mol. The zero-order chi connectivity index (χ0) is 19.7. The second-order valence-electron chi connectivity index (χ2n) is 7.08. The van der Waals surface area contributed by atoms with Crippen molar-refractivity contribution in [3.8, 4) is 11.4 Å². The van der Waals surface area contributed by atoms with Crippen LogP contribution in [0.15, 0.2) is 40.9 Å². The summed E-state index contributed by atoms with van der Waals surface area (Å²) in [5, 5.41) is 11.5. The minimum Gasteiger partial charge on any atom is -0.335 e. The molecule has 0 saturated heterocycles. The number of hydrogen-bond acceptors (Lipinski definition) is 5. The lowest BCUT2D eigenvalue weighted by Gasteiger charge is -2.35. The van der Waals surface area contributed by atoms with Crippen LogP contribution in [0.1, 0.15) is 35.4 Å². The first kappa shape index (κ1) is 19.2. The van der Waals surface area contributed by atoms with Crippen LogP contribution in [0, 0.1) is 6.92 Å². The number of amides is 1. The molecule has 0 bridgehead atoms. The standard InChI is InChI=1S/C21H24N4OS2/c1-4-17-16-10-12-27-18(16)9-11-25(17)19(26)13-28-21-23-22-20(24(21)3)15-7-5-14(2)6-8-15/h5-8,10,12,17H,4,9,11,13H2,1-3H3. The van der Waals surface area contributed by atoms with E-state index in [0.29, 0.717) is 5.75 Å². The Morgan fingerprint density at radius 3 is 2.79 bits per heavy atom. The Morgan fingerprint density at radius 1 is 1.25 bits per heavy atom. The monoisotopic (exact) mass is 412 g/mol. The van der Waals surface area contributed by atoms with E-state index >= 15 is 0 Å². The van der Waals surface area contributed by atoms with Gasteiger partial charge in [0.25, 0.3) is 0 Å². The number of aromatic nitrogens is 3. The van der Waals surface area contributed by atoms with Crippen molar-refractivity contribution in [3.05, 3.63) is 51.7 Å². The third-order valence-corrected chi connectivity index (χ3v) is 7.27. The van der Waals surface area contributed by atoms with Crippen molar-refractivity contribution in [3.63, 3.8) is 0 Å². The van der Waals surface area contributed by atoms with E-state index in [1.807, 2.05) is 27.9 Å². The molecule has 7 heteroatoms.